The lowest BCUT2D eigenvalue weighted by Gasteiger charge is -2.13. The predicted molar refractivity (Wildman–Crippen MR) is 371 cm³/mol. The number of aromatic nitrogens is 6. The summed E-state index contributed by atoms with van der Waals surface area (Å²) < 4.78 is 9.46. The average molecular weight is 1150 g/mol. The monoisotopic (exact) mass is 1150 g/mol. The summed E-state index contributed by atoms with van der Waals surface area (Å²) >= 11 is 0. The van der Waals surface area contributed by atoms with Crippen molar-refractivity contribution < 1.29 is 0 Å². The number of para-hydroxylation sites is 6. The second-order valence-electron chi connectivity index (χ2n) is 23.3. The van der Waals surface area contributed by atoms with Crippen LogP contribution in [0, 0.1) is 11.3 Å². The number of hydrogen-bond donors (Lipinski definition) is 0. The molecule has 0 aliphatic rings. The zero-order valence-corrected chi connectivity index (χ0v) is 48.6. The molecule has 0 spiro atoms. The molecule has 18 aromatic rings. The van der Waals surface area contributed by atoms with Crippen LogP contribution in [-0.4, -0.2) is 28.2 Å². The number of nitriles is 1. The van der Waals surface area contributed by atoms with E-state index in [0.717, 1.165) is 72.9 Å². The highest BCUT2D eigenvalue weighted by Gasteiger charge is 2.20. The minimum Gasteiger partial charge on any atom is -0.309 e. The van der Waals surface area contributed by atoms with E-state index in [2.05, 4.69) is 309 Å². The summed E-state index contributed by atoms with van der Waals surface area (Å²) in [5.41, 5.74) is 23.3. The minimum atomic E-state index is 0.594. The predicted octanol–water partition coefficient (Wildman–Crippen LogP) is 21.1. The molecule has 0 saturated heterocycles. The highest BCUT2D eigenvalue weighted by molar-refractivity contribution is 6.15. The molecule has 0 atom stereocenters. The molecule has 18 rings (SSSR count). The van der Waals surface area contributed by atoms with Crippen molar-refractivity contribution in [3.63, 3.8) is 0 Å². The van der Waals surface area contributed by atoms with Crippen molar-refractivity contribution in [3.05, 3.63) is 315 Å². The number of benzene rings is 13. The highest BCUT2D eigenvalue weighted by atomic mass is 15.0. The minimum absolute atomic E-state index is 0.594. The van der Waals surface area contributed by atoms with Crippen LogP contribution in [0.15, 0.2) is 309 Å². The van der Waals surface area contributed by atoms with Gasteiger partial charge in [-0.3, -0.25) is 0 Å². The first-order valence-corrected chi connectivity index (χ1v) is 30.4. The Hall–Kier alpha value is -12.4. The third-order valence-corrected chi connectivity index (χ3v) is 18.2. The summed E-state index contributed by atoms with van der Waals surface area (Å²) in [4.78, 5) is 10.5. The normalized spacial score (nSPS) is 11.8. The zero-order valence-electron chi connectivity index (χ0n) is 48.6. The van der Waals surface area contributed by atoms with Crippen LogP contribution in [0.4, 0.5) is 0 Å². The Morgan fingerprint density at radius 1 is 0.222 bits per heavy atom. The Balaban J connectivity index is 0.691. The van der Waals surface area contributed by atoms with Gasteiger partial charge in [0.15, 0.2) is 5.82 Å². The second kappa shape index (κ2) is 20.4. The van der Waals surface area contributed by atoms with Crippen LogP contribution in [0.1, 0.15) is 5.56 Å². The van der Waals surface area contributed by atoms with Crippen LogP contribution < -0.4 is 0 Å². The molecule has 5 aromatic heterocycles. The molecule has 0 N–H and O–H groups in total. The van der Waals surface area contributed by atoms with Crippen molar-refractivity contribution in [2.75, 3.05) is 0 Å². The van der Waals surface area contributed by atoms with Crippen molar-refractivity contribution in [2.24, 2.45) is 0 Å². The van der Waals surface area contributed by atoms with E-state index in [4.69, 9.17) is 9.97 Å². The standard InChI is InChI=1S/C83H51N7/c84-52-53-27-29-54(30-28-53)73-51-74(55-31-39-63(40-32-55)89-77-25-13-9-21-67(77)71-49-59(37-45-81(71)89)57-35-43-79-69(47-57)65-19-7-11-23-75(65)87(79)61-15-3-1-4-16-61)86-83(85-73)56-33-41-64(42-34-56)90-78-26-14-10-22-68(78)72-50-60(38-46-82(72)90)58-36-44-80-70(48-58)66-20-8-12-24-76(66)88(80)62-17-5-2-6-18-62/h1-51H. The van der Waals surface area contributed by atoms with Crippen LogP contribution in [0.2, 0.25) is 0 Å². The molecule has 7 heteroatoms. The van der Waals surface area contributed by atoms with E-state index >= 15 is 0 Å². The average Bonchev–Trinajstić information content (AvgIpc) is 1.74. The SMILES string of the molecule is N#Cc1ccc(-c2cc(-c3ccc(-n4c5ccccc5c5cc(-c6ccc7c(c6)c6ccccc6n7-c6ccccc6)ccc54)cc3)nc(-c3ccc(-n4c5ccccc5c5cc(-c6ccc7c(c6)c6ccccc6n7-c6ccccc6)ccc54)cc3)n2)cc1. The van der Waals surface area contributed by atoms with Gasteiger partial charge in [0.2, 0.25) is 0 Å². The van der Waals surface area contributed by atoms with Crippen LogP contribution in [0.5, 0.6) is 0 Å². The molecule has 0 fully saturated rings. The first kappa shape index (κ1) is 50.9. The lowest BCUT2D eigenvalue weighted by molar-refractivity contribution is 1.16. The maximum atomic E-state index is 9.72. The van der Waals surface area contributed by atoms with Gasteiger partial charge in [0.05, 0.1) is 67.2 Å². The van der Waals surface area contributed by atoms with Gasteiger partial charge in [-0.1, -0.05) is 158 Å². The summed E-state index contributed by atoms with van der Waals surface area (Å²) in [6.07, 6.45) is 0. The summed E-state index contributed by atoms with van der Waals surface area (Å²) in [5, 5.41) is 19.4. The topological polar surface area (TPSA) is 69.3 Å². The Bertz CT molecular complexity index is 5600. The highest BCUT2D eigenvalue weighted by Crippen LogP contribution is 2.42. The second-order valence-corrected chi connectivity index (χ2v) is 23.3. The number of rotatable bonds is 9. The third kappa shape index (κ3) is 8.13. The number of hydrogen-bond acceptors (Lipinski definition) is 3. The summed E-state index contributed by atoms with van der Waals surface area (Å²) in [6, 6.07) is 113. The molecule has 0 bridgehead atoms. The summed E-state index contributed by atoms with van der Waals surface area (Å²) in [7, 11) is 0. The molecule has 90 heavy (non-hydrogen) atoms. The molecule has 0 radical (unpaired) electrons. The van der Waals surface area contributed by atoms with E-state index in [1.54, 1.807) is 0 Å². The molecule has 5 heterocycles. The van der Waals surface area contributed by atoms with Gasteiger partial charge in [0.1, 0.15) is 0 Å². The maximum absolute atomic E-state index is 9.72. The van der Waals surface area contributed by atoms with Gasteiger partial charge < -0.3 is 18.3 Å². The molecule has 0 unspecified atom stereocenters. The van der Waals surface area contributed by atoms with E-state index in [0.29, 0.717) is 11.4 Å². The summed E-state index contributed by atoms with van der Waals surface area (Å²) in [5.74, 6) is 0.609. The maximum Gasteiger partial charge on any atom is 0.160 e. The lowest BCUT2D eigenvalue weighted by atomic mass is 10.0. The summed E-state index contributed by atoms with van der Waals surface area (Å²) in [6.45, 7) is 0. The Labute approximate surface area is 517 Å². The number of nitrogens with zero attached hydrogens (tertiary/aromatic N) is 7. The lowest BCUT2D eigenvalue weighted by Crippen LogP contribution is -1.98. The van der Waals surface area contributed by atoms with Gasteiger partial charge in [0, 0.05) is 82.5 Å². The fraction of sp³-hybridized carbons (Fsp3) is 0. The molecule has 0 saturated carbocycles. The molecule has 0 aliphatic heterocycles. The molecule has 418 valence electrons. The van der Waals surface area contributed by atoms with Crippen LogP contribution in [0.3, 0.4) is 0 Å². The largest absolute Gasteiger partial charge is 0.309 e. The van der Waals surface area contributed by atoms with Crippen molar-refractivity contribution >= 4 is 87.2 Å². The van der Waals surface area contributed by atoms with Gasteiger partial charge in [-0.05, 0) is 174 Å². The third-order valence-electron chi connectivity index (χ3n) is 18.2. The van der Waals surface area contributed by atoms with Gasteiger partial charge in [-0.15, -0.1) is 0 Å². The smallest absolute Gasteiger partial charge is 0.160 e. The van der Waals surface area contributed by atoms with Crippen molar-refractivity contribution in [3.8, 4) is 85.0 Å². The van der Waals surface area contributed by atoms with E-state index in [9.17, 15) is 5.26 Å². The first-order valence-electron chi connectivity index (χ1n) is 30.4. The van der Waals surface area contributed by atoms with Gasteiger partial charge in [-0.2, -0.15) is 5.26 Å². The number of fused-ring (bicyclic) bond motifs is 12. The Morgan fingerprint density at radius 3 is 0.822 bits per heavy atom. The van der Waals surface area contributed by atoms with E-state index in [1.807, 2.05) is 24.3 Å². The van der Waals surface area contributed by atoms with Crippen LogP contribution in [-0.2, 0) is 0 Å². The molecule has 0 amide bonds. The van der Waals surface area contributed by atoms with E-state index < -0.39 is 0 Å². The fourth-order valence-electron chi connectivity index (χ4n) is 14.0. The Morgan fingerprint density at radius 2 is 0.489 bits per heavy atom. The molecule has 0 aliphatic carbocycles. The van der Waals surface area contributed by atoms with Crippen LogP contribution in [0.25, 0.3) is 166 Å². The first-order chi connectivity index (χ1) is 44.6. The van der Waals surface area contributed by atoms with Crippen molar-refractivity contribution in [1.29, 1.82) is 5.26 Å². The van der Waals surface area contributed by atoms with E-state index in [-0.39, 0.29) is 0 Å². The Kier molecular flexibility index (Phi) is 11.5. The van der Waals surface area contributed by atoms with Gasteiger partial charge in [-0.25, -0.2) is 9.97 Å². The fourth-order valence-corrected chi connectivity index (χ4v) is 14.0. The van der Waals surface area contributed by atoms with E-state index in [1.165, 1.54) is 87.4 Å². The quantitative estimate of drug-likeness (QED) is 0.145. The molecule has 13 aromatic carbocycles. The van der Waals surface area contributed by atoms with Crippen molar-refractivity contribution in [1.82, 2.24) is 28.2 Å². The van der Waals surface area contributed by atoms with Crippen molar-refractivity contribution in [2.45, 2.75) is 0 Å². The van der Waals surface area contributed by atoms with Gasteiger partial charge in [0.25, 0.3) is 0 Å². The van der Waals surface area contributed by atoms with Crippen LogP contribution >= 0.6 is 0 Å². The molecule has 7 nitrogen and oxygen atoms in total. The molecular weight excluding hydrogens is 1090 g/mol. The molecular formula is C83H51N7. The van der Waals surface area contributed by atoms with Gasteiger partial charge >= 0.3 is 0 Å². The zero-order chi connectivity index (χ0) is 59.4.